The second-order valence-electron chi connectivity index (χ2n) is 6.37. The van der Waals surface area contributed by atoms with Crippen molar-refractivity contribution < 1.29 is 4.65 Å². The van der Waals surface area contributed by atoms with Crippen molar-refractivity contribution in [1.29, 1.82) is 0 Å². The Morgan fingerprint density at radius 1 is 1.09 bits per heavy atom. The van der Waals surface area contributed by atoms with E-state index in [1.807, 2.05) is 36.4 Å². The zero-order valence-electron chi connectivity index (χ0n) is 13.0. The molecule has 0 bridgehead atoms. The Kier molecular flexibility index (Phi) is 3.93. The first-order chi connectivity index (χ1) is 11.1. The van der Waals surface area contributed by atoms with Gasteiger partial charge in [0.15, 0.2) is 0 Å². The molecular formula is C18H18BCl2NO. The van der Waals surface area contributed by atoms with Gasteiger partial charge in [0.2, 0.25) is 0 Å². The topological polar surface area (TPSA) is 12.5 Å². The molecule has 0 amide bonds. The van der Waals surface area contributed by atoms with Gasteiger partial charge in [-0.15, -0.1) is 0 Å². The molecule has 1 atom stereocenters. The molecular weight excluding hydrogens is 328 g/mol. The van der Waals surface area contributed by atoms with Crippen molar-refractivity contribution in [2.45, 2.75) is 31.3 Å². The molecule has 5 heteroatoms. The fraction of sp³-hybridized carbons (Fsp3) is 0.333. The van der Waals surface area contributed by atoms with E-state index in [0.717, 1.165) is 34.1 Å². The zero-order chi connectivity index (χ0) is 16.0. The fourth-order valence-corrected chi connectivity index (χ4v) is 4.58. The average Bonchev–Trinajstić information content (AvgIpc) is 3.11. The van der Waals surface area contributed by atoms with Gasteiger partial charge in [0, 0.05) is 16.1 Å². The Labute approximate surface area is 147 Å². The van der Waals surface area contributed by atoms with Crippen molar-refractivity contribution in [1.82, 2.24) is 4.81 Å². The molecule has 0 N–H and O–H groups in total. The minimum absolute atomic E-state index is 0.0838. The van der Waals surface area contributed by atoms with Crippen LogP contribution in [0.25, 0.3) is 0 Å². The van der Waals surface area contributed by atoms with E-state index in [1.165, 1.54) is 6.42 Å². The van der Waals surface area contributed by atoms with Crippen molar-refractivity contribution in [2.24, 2.45) is 0 Å². The third-order valence-electron chi connectivity index (χ3n) is 5.09. The largest absolute Gasteiger partial charge is 0.406 e. The second-order valence-corrected chi connectivity index (χ2v) is 7.24. The van der Waals surface area contributed by atoms with Crippen LogP contribution in [-0.4, -0.2) is 24.4 Å². The highest BCUT2D eigenvalue weighted by Gasteiger charge is 2.56. The first-order valence-corrected chi connectivity index (χ1v) is 8.82. The molecule has 118 valence electrons. The summed E-state index contributed by atoms with van der Waals surface area (Å²) in [5, 5.41) is 1.47. The number of nitrogens with zero attached hydrogens (tertiary/aromatic N) is 1. The van der Waals surface area contributed by atoms with Gasteiger partial charge in [0.25, 0.3) is 0 Å². The summed E-state index contributed by atoms with van der Waals surface area (Å²) in [6.07, 6.45) is 2.31. The van der Waals surface area contributed by atoms with Gasteiger partial charge in [-0.1, -0.05) is 47.5 Å². The number of benzene rings is 2. The van der Waals surface area contributed by atoms with Gasteiger partial charge in [-0.05, 0) is 61.6 Å². The van der Waals surface area contributed by atoms with E-state index in [2.05, 4.69) is 23.8 Å². The van der Waals surface area contributed by atoms with Gasteiger partial charge < -0.3 is 9.47 Å². The van der Waals surface area contributed by atoms with Crippen molar-refractivity contribution >= 4 is 30.3 Å². The normalized spacial score (nSPS) is 23.3. The quantitative estimate of drug-likeness (QED) is 0.721. The molecule has 1 unspecified atom stereocenters. The summed E-state index contributed by atoms with van der Waals surface area (Å²) in [5.41, 5.74) is 1.70. The van der Waals surface area contributed by atoms with Gasteiger partial charge >= 0.3 is 7.05 Å². The number of hydrogen-bond acceptors (Lipinski definition) is 2. The molecule has 2 nitrogen and oxygen atoms in total. The molecule has 2 aliphatic heterocycles. The molecule has 4 rings (SSSR count). The van der Waals surface area contributed by atoms with Gasteiger partial charge in [-0.2, -0.15) is 0 Å². The highest BCUT2D eigenvalue weighted by Crippen LogP contribution is 2.49. The lowest BCUT2D eigenvalue weighted by atomic mass is 9.79. The first kappa shape index (κ1) is 15.5. The van der Waals surface area contributed by atoms with Crippen LogP contribution in [0.15, 0.2) is 48.5 Å². The summed E-state index contributed by atoms with van der Waals surface area (Å²) in [6, 6.07) is 16.4. The predicted molar refractivity (Wildman–Crippen MR) is 96.1 cm³/mol. The van der Waals surface area contributed by atoms with E-state index < -0.39 is 5.60 Å². The van der Waals surface area contributed by atoms with Crippen molar-refractivity contribution in [3.8, 4) is 0 Å². The molecule has 2 fully saturated rings. The van der Waals surface area contributed by atoms with Crippen LogP contribution in [0.4, 0.5) is 0 Å². The summed E-state index contributed by atoms with van der Waals surface area (Å²) in [4.78, 5) is 2.46. The van der Waals surface area contributed by atoms with Crippen LogP contribution in [0.5, 0.6) is 0 Å². The first-order valence-electron chi connectivity index (χ1n) is 8.07. The van der Waals surface area contributed by atoms with Crippen LogP contribution >= 0.6 is 23.2 Å². The van der Waals surface area contributed by atoms with E-state index in [1.54, 1.807) is 0 Å². The number of hydrogen-bond donors (Lipinski definition) is 0. The molecule has 2 aromatic rings. The van der Waals surface area contributed by atoms with E-state index in [-0.39, 0.29) is 7.05 Å². The van der Waals surface area contributed by atoms with Gasteiger partial charge in [0.05, 0.1) is 0 Å². The molecule has 0 saturated carbocycles. The fourth-order valence-electron chi connectivity index (χ4n) is 4.20. The number of halogens is 2. The lowest BCUT2D eigenvalue weighted by Crippen LogP contribution is -2.41. The SMILES string of the molecule is CB1OC(c2cccc(Cl)c2)(c2cccc(Cl)c2)C2CCCN12. The third kappa shape index (κ3) is 2.42. The van der Waals surface area contributed by atoms with Crippen LogP contribution in [0.1, 0.15) is 24.0 Å². The smallest absolute Gasteiger partial charge is 0.380 e. The molecule has 0 aliphatic carbocycles. The second kappa shape index (κ2) is 5.82. The van der Waals surface area contributed by atoms with Crippen molar-refractivity contribution in [3.05, 3.63) is 69.7 Å². The summed E-state index contributed by atoms with van der Waals surface area (Å²) < 4.78 is 6.61. The lowest BCUT2D eigenvalue weighted by molar-refractivity contribution is 0.106. The Morgan fingerprint density at radius 2 is 1.70 bits per heavy atom. The molecule has 0 aromatic heterocycles. The molecule has 2 saturated heterocycles. The Morgan fingerprint density at radius 3 is 2.26 bits per heavy atom. The minimum Gasteiger partial charge on any atom is -0.406 e. The highest BCUT2D eigenvalue weighted by molar-refractivity contribution is 6.48. The maximum atomic E-state index is 6.61. The van der Waals surface area contributed by atoms with Gasteiger partial charge in [0.1, 0.15) is 5.60 Å². The van der Waals surface area contributed by atoms with E-state index in [0.29, 0.717) is 6.04 Å². The monoisotopic (exact) mass is 345 g/mol. The molecule has 0 radical (unpaired) electrons. The minimum atomic E-state index is -0.508. The maximum absolute atomic E-state index is 6.61. The van der Waals surface area contributed by atoms with Crippen LogP contribution < -0.4 is 0 Å². The van der Waals surface area contributed by atoms with Crippen LogP contribution in [-0.2, 0) is 10.3 Å². The Hall–Kier alpha value is -0.995. The standard InChI is InChI=1S/C18H18BCl2NO/c1-19-22-10-4-9-17(22)18(23-19,13-5-2-7-15(20)11-13)14-6-3-8-16(21)12-14/h2-3,5-8,11-12,17H,4,9-10H2,1H3. The Bertz CT molecular complexity index is 693. The lowest BCUT2D eigenvalue weighted by Gasteiger charge is -2.36. The average molecular weight is 346 g/mol. The van der Waals surface area contributed by atoms with Gasteiger partial charge in [-0.25, -0.2) is 0 Å². The molecule has 0 spiro atoms. The van der Waals surface area contributed by atoms with E-state index in [4.69, 9.17) is 27.9 Å². The van der Waals surface area contributed by atoms with Crippen LogP contribution in [0, 0.1) is 0 Å². The summed E-state index contributed by atoms with van der Waals surface area (Å²) in [6.45, 7) is 3.21. The summed E-state index contributed by atoms with van der Waals surface area (Å²) >= 11 is 12.6. The maximum Gasteiger partial charge on any atom is 0.380 e. The summed E-state index contributed by atoms with van der Waals surface area (Å²) in [5.74, 6) is 0. The molecule has 23 heavy (non-hydrogen) atoms. The van der Waals surface area contributed by atoms with Crippen LogP contribution in [0.3, 0.4) is 0 Å². The molecule has 2 aromatic carbocycles. The highest BCUT2D eigenvalue weighted by atomic mass is 35.5. The third-order valence-corrected chi connectivity index (χ3v) is 5.56. The summed E-state index contributed by atoms with van der Waals surface area (Å²) in [7, 11) is 0.0838. The van der Waals surface area contributed by atoms with E-state index in [9.17, 15) is 0 Å². The van der Waals surface area contributed by atoms with Crippen LogP contribution in [0.2, 0.25) is 16.9 Å². The predicted octanol–water partition coefficient (Wildman–Crippen LogP) is 4.85. The van der Waals surface area contributed by atoms with E-state index >= 15 is 0 Å². The zero-order valence-corrected chi connectivity index (χ0v) is 14.5. The van der Waals surface area contributed by atoms with Crippen molar-refractivity contribution in [3.63, 3.8) is 0 Å². The number of fused-ring (bicyclic) bond motifs is 1. The number of rotatable bonds is 2. The molecule has 2 heterocycles. The Balaban J connectivity index is 1.94. The molecule has 2 aliphatic rings. The van der Waals surface area contributed by atoms with Crippen molar-refractivity contribution in [2.75, 3.05) is 6.54 Å². The van der Waals surface area contributed by atoms with Gasteiger partial charge in [-0.3, -0.25) is 0 Å².